The number of nitrogens with zero attached hydrogens (tertiary/aromatic N) is 1. The Balaban J connectivity index is 1.57. The molecule has 1 aromatic heterocycles. The summed E-state index contributed by atoms with van der Waals surface area (Å²) in [5.41, 5.74) is 4.05. The second-order valence-corrected chi connectivity index (χ2v) is 7.99. The number of alkyl halides is 3. The molecule has 1 atom stereocenters. The van der Waals surface area contributed by atoms with Gasteiger partial charge in [-0.3, -0.25) is 0 Å². The van der Waals surface area contributed by atoms with Crippen LogP contribution in [-0.4, -0.2) is 9.54 Å². The van der Waals surface area contributed by atoms with Gasteiger partial charge in [-0.2, -0.15) is 18.2 Å². The molecular weight excluding hydrogens is 399 g/mol. The quantitative estimate of drug-likeness (QED) is 0.377. The van der Waals surface area contributed by atoms with Crippen LogP contribution in [0, 0.1) is 6.92 Å². The predicted molar refractivity (Wildman–Crippen MR) is 106 cm³/mol. The fraction of sp³-hybridized carbons (Fsp3) is 0.136. The van der Waals surface area contributed by atoms with Crippen molar-refractivity contribution in [1.29, 1.82) is 0 Å². The van der Waals surface area contributed by atoms with Crippen molar-refractivity contribution < 1.29 is 22.1 Å². The van der Waals surface area contributed by atoms with Crippen LogP contribution in [0.25, 0.3) is 22.2 Å². The Morgan fingerprint density at radius 2 is 1.72 bits per heavy atom. The summed E-state index contributed by atoms with van der Waals surface area (Å²) < 4.78 is 56.2. The van der Waals surface area contributed by atoms with Gasteiger partial charge in [0.2, 0.25) is 0 Å². The second-order valence-electron chi connectivity index (χ2n) is 6.66. The van der Waals surface area contributed by atoms with Crippen molar-refractivity contribution >= 4 is 22.3 Å². The number of halogens is 3. The van der Waals surface area contributed by atoms with Crippen LogP contribution in [0.5, 0.6) is 0 Å². The van der Waals surface area contributed by atoms with Crippen molar-refractivity contribution in [3.05, 3.63) is 83.4 Å². The molecule has 1 unspecified atom stereocenters. The maximum atomic E-state index is 12.7. The smallest absolute Gasteiger partial charge is 0.416 e. The molecule has 0 amide bonds. The van der Waals surface area contributed by atoms with Crippen molar-refractivity contribution in [3.63, 3.8) is 0 Å². The lowest BCUT2D eigenvalue weighted by Crippen LogP contribution is -2.07. The topological polar surface area (TPSA) is 49.1 Å². The highest BCUT2D eigenvalue weighted by molar-refractivity contribution is 7.90. The fourth-order valence-corrected chi connectivity index (χ4v) is 4.07. The minimum Gasteiger partial charge on any atom is -0.607 e. The van der Waals surface area contributed by atoms with Crippen molar-refractivity contribution in [2.24, 2.45) is 0 Å². The van der Waals surface area contributed by atoms with Gasteiger partial charge in [0.05, 0.1) is 16.7 Å². The first-order valence-electron chi connectivity index (χ1n) is 8.82. The summed E-state index contributed by atoms with van der Waals surface area (Å²) in [5, 5.41) is 0.0573. The average Bonchev–Trinajstić information content (AvgIpc) is 3.11. The zero-order valence-electron chi connectivity index (χ0n) is 15.4. The summed E-state index contributed by atoms with van der Waals surface area (Å²) in [6, 6.07) is 18.1. The van der Waals surface area contributed by atoms with Gasteiger partial charge in [0.25, 0.3) is 0 Å². The number of hydrogen-bond acceptors (Lipinski definition) is 3. The number of fused-ring (bicyclic) bond motifs is 1. The van der Waals surface area contributed by atoms with E-state index in [1.165, 1.54) is 12.1 Å². The number of aromatic nitrogens is 1. The first-order valence-corrected chi connectivity index (χ1v) is 10.1. The monoisotopic (exact) mass is 415 g/mol. The van der Waals surface area contributed by atoms with Gasteiger partial charge in [-0.15, -0.1) is 0 Å². The molecule has 0 saturated heterocycles. The highest BCUT2D eigenvalue weighted by Gasteiger charge is 2.30. The fourth-order valence-electron chi connectivity index (χ4n) is 3.07. The number of hydrogen-bond donors (Lipinski definition) is 0. The van der Waals surface area contributed by atoms with Crippen LogP contribution in [0.1, 0.15) is 16.7 Å². The van der Waals surface area contributed by atoms with E-state index in [0.29, 0.717) is 16.7 Å². The maximum absolute atomic E-state index is 12.7. The first kappa shape index (κ1) is 19.5. The summed E-state index contributed by atoms with van der Waals surface area (Å²) in [5.74, 6) is 0.0234. The molecule has 29 heavy (non-hydrogen) atoms. The van der Waals surface area contributed by atoms with Crippen LogP contribution in [0.4, 0.5) is 13.2 Å². The van der Waals surface area contributed by atoms with Crippen molar-refractivity contribution in [2.75, 3.05) is 0 Å². The number of aryl methyl sites for hydroxylation is 1. The van der Waals surface area contributed by atoms with E-state index >= 15 is 0 Å². The molecule has 0 radical (unpaired) electrons. The average molecular weight is 415 g/mol. The molecule has 3 nitrogen and oxygen atoms in total. The van der Waals surface area contributed by atoms with Crippen molar-refractivity contribution in [3.8, 4) is 11.1 Å². The summed E-state index contributed by atoms with van der Waals surface area (Å²) in [6.45, 7) is 2.02. The first-order chi connectivity index (χ1) is 13.8. The Morgan fingerprint density at radius 1 is 1.00 bits per heavy atom. The Labute approximate surface area is 168 Å². The van der Waals surface area contributed by atoms with E-state index in [1.54, 1.807) is 6.07 Å². The van der Waals surface area contributed by atoms with Crippen LogP contribution in [0.2, 0.25) is 0 Å². The van der Waals surface area contributed by atoms with Gasteiger partial charge >= 0.3 is 11.4 Å². The zero-order chi connectivity index (χ0) is 20.6. The van der Waals surface area contributed by atoms with Crippen molar-refractivity contribution in [1.82, 2.24) is 4.98 Å². The Hall–Kier alpha value is -2.77. The highest BCUT2D eigenvalue weighted by atomic mass is 32.2. The molecule has 148 valence electrons. The summed E-state index contributed by atoms with van der Waals surface area (Å²) >= 11 is -1.61. The van der Waals surface area contributed by atoms with Gasteiger partial charge < -0.3 is 8.97 Å². The van der Waals surface area contributed by atoms with E-state index in [1.807, 2.05) is 43.3 Å². The molecule has 0 spiro atoms. The number of rotatable bonds is 4. The molecule has 0 aliphatic carbocycles. The molecule has 0 aliphatic rings. The third kappa shape index (κ3) is 4.16. The molecule has 0 aliphatic heterocycles. The van der Waals surface area contributed by atoms with Crippen LogP contribution >= 0.6 is 0 Å². The van der Waals surface area contributed by atoms with Gasteiger partial charge in [-0.25, -0.2) is 0 Å². The molecule has 0 saturated carbocycles. The zero-order valence-corrected chi connectivity index (χ0v) is 16.2. The van der Waals surface area contributed by atoms with Gasteiger partial charge in [-0.05, 0) is 47.9 Å². The number of benzene rings is 3. The van der Waals surface area contributed by atoms with Crippen LogP contribution < -0.4 is 0 Å². The molecule has 3 aromatic carbocycles. The molecule has 7 heteroatoms. The van der Waals surface area contributed by atoms with Crippen molar-refractivity contribution in [2.45, 2.75) is 24.1 Å². The minimum atomic E-state index is -4.40. The summed E-state index contributed by atoms with van der Waals surface area (Å²) in [7, 11) is 0. The molecule has 1 heterocycles. The molecule has 0 N–H and O–H groups in total. The van der Waals surface area contributed by atoms with E-state index in [2.05, 4.69) is 4.98 Å². The minimum absolute atomic E-state index is 0.0234. The lowest BCUT2D eigenvalue weighted by Gasteiger charge is -2.08. The van der Waals surface area contributed by atoms with E-state index < -0.39 is 22.9 Å². The molecular formula is C22H16F3NO2S. The third-order valence-corrected chi connectivity index (χ3v) is 5.76. The van der Waals surface area contributed by atoms with Gasteiger partial charge in [0.1, 0.15) is 11.3 Å². The predicted octanol–water partition coefficient (Wildman–Crippen LogP) is 6.13. The summed E-state index contributed by atoms with van der Waals surface area (Å²) in [4.78, 5) is 4.33. The maximum Gasteiger partial charge on any atom is 0.416 e. The van der Waals surface area contributed by atoms with Gasteiger partial charge in [0.15, 0.2) is 5.58 Å². The SMILES string of the molecule is Cc1ccccc1-c1ccc2oc([S+]([O-])Cc3ccc(C(F)(F)F)cc3)nc2c1. The van der Waals surface area contributed by atoms with Crippen LogP contribution in [0.3, 0.4) is 0 Å². The second kappa shape index (κ2) is 7.57. The highest BCUT2D eigenvalue weighted by Crippen LogP contribution is 2.31. The Morgan fingerprint density at radius 3 is 2.41 bits per heavy atom. The molecule has 0 fully saturated rings. The number of oxazole rings is 1. The lowest BCUT2D eigenvalue weighted by atomic mass is 10.0. The summed E-state index contributed by atoms with van der Waals surface area (Å²) in [6.07, 6.45) is -4.40. The Kier molecular flexibility index (Phi) is 5.10. The standard InChI is InChI=1S/C22H16F3NO2S/c1-14-4-2-3-5-18(14)16-8-11-20-19(12-16)26-21(28-20)29(27)13-15-6-9-17(10-7-15)22(23,24)25/h2-12H,13H2,1H3. The Bertz CT molecular complexity index is 1150. The van der Waals surface area contributed by atoms with Gasteiger partial charge in [-0.1, -0.05) is 42.5 Å². The molecule has 0 bridgehead atoms. The van der Waals surface area contributed by atoms with Gasteiger partial charge in [0, 0.05) is 5.56 Å². The van der Waals surface area contributed by atoms with E-state index in [0.717, 1.165) is 28.8 Å². The lowest BCUT2D eigenvalue weighted by molar-refractivity contribution is -0.137. The molecule has 4 rings (SSSR count). The molecule has 4 aromatic rings. The largest absolute Gasteiger partial charge is 0.607 e. The normalized spacial score (nSPS) is 13.0. The van der Waals surface area contributed by atoms with E-state index in [9.17, 15) is 17.7 Å². The van der Waals surface area contributed by atoms with E-state index in [-0.39, 0.29) is 11.0 Å². The van der Waals surface area contributed by atoms with Crippen LogP contribution in [0.15, 0.2) is 76.4 Å². The van der Waals surface area contributed by atoms with Crippen LogP contribution in [-0.2, 0) is 23.1 Å². The third-order valence-electron chi connectivity index (χ3n) is 4.60. The van der Waals surface area contributed by atoms with E-state index in [4.69, 9.17) is 4.42 Å².